The molecule has 0 bridgehead atoms. The number of carbonyl (C=O) groups excluding carboxylic acids is 3. The van der Waals surface area contributed by atoms with Crippen molar-refractivity contribution in [1.82, 2.24) is 0 Å². The number of hydrogen-bond acceptors (Lipinski definition) is 6. The number of rotatable bonds is 59. The molecule has 6 nitrogen and oxygen atoms in total. The molecule has 0 aromatic heterocycles. The number of allylic oxidation sites excluding steroid dienone is 2. The highest BCUT2D eigenvalue weighted by Gasteiger charge is 2.19. The monoisotopic (exact) mass is 987 g/mol. The molecule has 0 amide bonds. The van der Waals surface area contributed by atoms with E-state index in [1.54, 1.807) is 0 Å². The highest BCUT2D eigenvalue weighted by molar-refractivity contribution is 5.71. The molecule has 0 saturated heterocycles. The van der Waals surface area contributed by atoms with E-state index in [0.29, 0.717) is 19.3 Å². The van der Waals surface area contributed by atoms with E-state index >= 15 is 0 Å². The van der Waals surface area contributed by atoms with Gasteiger partial charge in [-0.3, -0.25) is 14.4 Å². The average molecular weight is 988 g/mol. The van der Waals surface area contributed by atoms with Gasteiger partial charge in [0.25, 0.3) is 0 Å². The maximum Gasteiger partial charge on any atom is 0.306 e. The summed E-state index contributed by atoms with van der Waals surface area (Å²) in [4.78, 5) is 38.3. The van der Waals surface area contributed by atoms with Gasteiger partial charge in [0.05, 0.1) is 0 Å². The molecule has 0 radical (unpaired) electrons. The van der Waals surface area contributed by atoms with Crippen LogP contribution < -0.4 is 0 Å². The largest absolute Gasteiger partial charge is 0.462 e. The molecule has 0 rings (SSSR count). The fourth-order valence-electron chi connectivity index (χ4n) is 9.74. The predicted octanol–water partition coefficient (Wildman–Crippen LogP) is 21.3. The molecule has 1 atom stereocenters. The molecule has 0 aliphatic rings. The quantitative estimate of drug-likeness (QED) is 0.0261. The smallest absolute Gasteiger partial charge is 0.306 e. The molecule has 414 valence electrons. The van der Waals surface area contributed by atoms with Crippen LogP contribution in [0.4, 0.5) is 0 Å². The Hall–Kier alpha value is -1.85. The van der Waals surface area contributed by atoms with E-state index < -0.39 is 6.10 Å². The lowest BCUT2D eigenvalue weighted by atomic mass is 10.0. The summed E-state index contributed by atoms with van der Waals surface area (Å²) in [7, 11) is 0. The van der Waals surface area contributed by atoms with Crippen molar-refractivity contribution in [3.63, 3.8) is 0 Å². The van der Waals surface area contributed by atoms with Gasteiger partial charge in [-0.15, -0.1) is 0 Å². The molecule has 1 unspecified atom stereocenters. The predicted molar refractivity (Wildman–Crippen MR) is 303 cm³/mol. The molecular weight excluding hydrogens is 865 g/mol. The van der Waals surface area contributed by atoms with Crippen LogP contribution in [-0.2, 0) is 28.6 Å². The van der Waals surface area contributed by atoms with Gasteiger partial charge < -0.3 is 14.2 Å². The Bertz CT molecular complexity index is 1090. The second-order valence-corrected chi connectivity index (χ2v) is 21.7. The highest BCUT2D eigenvalue weighted by Crippen LogP contribution is 2.18. The Balaban J connectivity index is 4.31. The lowest BCUT2D eigenvalue weighted by molar-refractivity contribution is -0.167. The molecule has 0 aliphatic carbocycles. The van der Waals surface area contributed by atoms with Crippen LogP contribution in [0.2, 0.25) is 0 Å². The normalized spacial score (nSPS) is 12.0. The van der Waals surface area contributed by atoms with Crippen molar-refractivity contribution in [3.8, 4) is 0 Å². The van der Waals surface area contributed by atoms with Gasteiger partial charge in [-0.2, -0.15) is 0 Å². The van der Waals surface area contributed by atoms with E-state index in [1.807, 2.05) is 0 Å². The van der Waals surface area contributed by atoms with E-state index in [0.717, 1.165) is 64.2 Å². The van der Waals surface area contributed by atoms with Crippen LogP contribution in [0, 0.1) is 0 Å². The Morgan fingerprint density at radius 2 is 0.471 bits per heavy atom. The minimum Gasteiger partial charge on any atom is -0.462 e. The number of ether oxygens (including phenoxy) is 3. The van der Waals surface area contributed by atoms with Gasteiger partial charge in [0.15, 0.2) is 6.10 Å². The maximum atomic E-state index is 12.9. The minimum atomic E-state index is -0.768. The molecule has 0 aromatic rings. The van der Waals surface area contributed by atoms with Crippen LogP contribution in [0.1, 0.15) is 361 Å². The van der Waals surface area contributed by atoms with Crippen molar-refractivity contribution in [2.45, 2.75) is 367 Å². The standard InChI is InChI=1S/C64H122O6/c1-4-7-10-13-16-19-22-25-28-31-33-36-39-42-45-48-51-54-57-63(66)69-60-61(59-68-62(65)56-53-50-47-44-41-38-35-30-27-24-21-18-15-12-9-6-3)70-64(67)58-55-52-49-46-43-40-37-34-32-29-26-23-20-17-14-11-8-5-2/h30,35,61H,4-29,31-34,36-60H2,1-3H3/b35-30-. The third-order valence-corrected chi connectivity index (χ3v) is 14.5. The molecule has 0 aromatic carbocycles. The number of carbonyl (C=O) groups is 3. The maximum absolute atomic E-state index is 12.9. The fraction of sp³-hybridized carbons (Fsp3) is 0.922. The van der Waals surface area contributed by atoms with Gasteiger partial charge in [0.1, 0.15) is 13.2 Å². The van der Waals surface area contributed by atoms with Crippen LogP contribution in [0.3, 0.4) is 0 Å². The first-order chi connectivity index (χ1) is 34.5. The van der Waals surface area contributed by atoms with Crippen molar-refractivity contribution >= 4 is 17.9 Å². The first kappa shape index (κ1) is 68.2. The van der Waals surface area contributed by atoms with E-state index in [9.17, 15) is 14.4 Å². The van der Waals surface area contributed by atoms with E-state index in [2.05, 4.69) is 32.9 Å². The van der Waals surface area contributed by atoms with Crippen molar-refractivity contribution in [1.29, 1.82) is 0 Å². The Morgan fingerprint density at radius 1 is 0.271 bits per heavy atom. The molecule has 0 N–H and O–H groups in total. The SMILES string of the molecule is CCCCCCCCC/C=C\CCCCCCCC(=O)OCC(COC(=O)CCCCCCCCCCCCCCCCCCCC)OC(=O)CCCCCCCCCCCCCCCCCCCC. The van der Waals surface area contributed by atoms with Crippen LogP contribution >= 0.6 is 0 Å². The number of hydrogen-bond donors (Lipinski definition) is 0. The third kappa shape index (κ3) is 57.1. The van der Waals surface area contributed by atoms with Crippen molar-refractivity contribution in [2.75, 3.05) is 13.2 Å². The molecular formula is C64H122O6. The van der Waals surface area contributed by atoms with Crippen LogP contribution in [0.5, 0.6) is 0 Å². The summed E-state index contributed by atoms with van der Waals surface area (Å²) in [6, 6.07) is 0. The van der Waals surface area contributed by atoms with Crippen LogP contribution in [0.25, 0.3) is 0 Å². The Labute approximate surface area is 437 Å². The zero-order valence-electron chi connectivity index (χ0n) is 47.6. The van der Waals surface area contributed by atoms with Gasteiger partial charge >= 0.3 is 17.9 Å². The third-order valence-electron chi connectivity index (χ3n) is 14.5. The molecule has 0 heterocycles. The summed E-state index contributed by atoms with van der Waals surface area (Å²) >= 11 is 0. The molecule has 70 heavy (non-hydrogen) atoms. The first-order valence-corrected chi connectivity index (χ1v) is 31.7. The number of unbranched alkanes of at least 4 members (excludes halogenated alkanes) is 46. The molecule has 0 spiro atoms. The van der Waals surface area contributed by atoms with Gasteiger partial charge in [-0.1, -0.05) is 309 Å². The van der Waals surface area contributed by atoms with Crippen LogP contribution in [0.15, 0.2) is 12.2 Å². The minimum absolute atomic E-state index is 0.0660. The Morgan fingerprint density at radius 3 is 0.714 bits per heavy atom. The second kappa shape index (κ2) is 59.7. The summed E-state index contributed by atoms with van der Waals surface area (Å²) in [5.41, 5.74) is 0. The van der Waals surface area contributed by atoms with E-state index in [4.69, 9.17) is 14.2 Å². The molecule has 6 heteroatoms. The van der Waals surface area contributed by atoms with Gasteiger partial charge in [0, 0.05) is 19.3 Å². The lowest BCUT2D eigenvalue weighted by Crippen LogP contribution is -2.30. The first-order valence-electron chi connectivity index (χ1n) is 31.7. The zero-order valence-corrected chi connectivity index (χ0v) is 47.6. The zero-order chi connectivity index (χ0) is 50.7. The van der Waals surface area contributed by atoms with Crippen molar-refractivity contribution in [3.05, 3.63) is 12.2 Å². The molecule has 0 fully saturated rings. The van der Waals surface area contributed by atoms with E-state index in [1.165, 1.54) is 257 Å². The Kier molecular flexibility index (Phi) is 58.1. The summed E-state index contributed by atoms with van der Waals surface area (Å²) < 4.78 is 16.9. The van der Waals surface area contributed by atoms with Crippen LogP contribution in [-0.4, -0.2) is 37.2 Å². The summed E-state index contributed by atoms with van der Waals surface area (Å²) in [5, 5.41) is 0. The average Bonchev–Trinajstić information content (AvgIpc) is 3.36. The summed E-state index contributed by atoms with van der Waals surface area (Å²) in [6.07, 6.45) is 69.2. The summed E-state index contributed by atoms with van der Waals surface area (Å²) in [6.45, 7) is 6.71. The van der Waals surface area contributed by atoms with Gasteiger partial charge in [-0.25, -0.2) is 0 Å². The topological polar surface area (TPSA) is 78.9 Å². The molecule has 0 aliphatic heterocycles. The highest BCUT2D eigenvalue weighted by atomic mass is 16.6. The van der Waals surface area contributed by atoms with E-state index in [-0.39, 0.29) is 31.1 Å². The molecule has 0 saturated carbocycles. The van der Waals surface area contributed by atoms with Gasteiger partial charge in [-0.05, 0) is 44.9 Å². The van der Waals surface area contributed by atoms with Crippen molar-refractivity contribution in [2.24, 2.45) is 0 Å². The van der Waals surface area contributed by atoms with Crippen molar-refractivity contribution < 1.29 is 28.6 Å². The van der Waals surface area contributed by atoms with Gasteiger partial charge in [0.2, 0.25) is 0 Å². The lowest BCUT2D eigenvalue weighted by Gasteiger charge is -2.18. The summed E-state index contributed by atoms with van der Waals surface area (Å²) in [5.74, 6) is -0.844. The second-order valence-electron chi connectivity index (χ2n) is 21.7. The fourth-order valence-corrected chi connectivity index (χ4v) is 9.74. The number of esters is 3.